The number of hydrogen-bond acceptors (Lipinski definition) is 2. The van der Waals surface area contributed by atoms with Crippen molar-refractivity contribution in [2.75, 3.05) is 6.54 Å². The van der Waals surface area contributed by atoms with Crippen molar-refractivity contribution in [3.05, 3.63) is 65.0 Å². The number of rotatable bonds is 3. The minimum atomic E-state index is -0.268. The van der Waals surface area contributed by atoms with E-state index in [9.17, 15) is 4.39 Å². The van der Waals surface area contributed by atoms with E-state index in [2.05, 4.69) is 37.0 Å². The molecule has 2 aromatic carbocycles. The molecule has 0 atom stereocenters. The van der Waals surface area contributed by atoms with E-state index in [-0.39, 0.29) is 12.4 Å². The Kier molecular flexibility index (Phi) is 5.23. The van der Waals surface area contributed by atoms with Gasteiger partial charge >= 0.3 is 0 Å². The third-order valence-corrected chi connectivity index (χ3v) is 3.82. The summed E-state index contributed by atoms with van der Waals surface area (Å²) in [6.45, 7) is 2.35. The molecule has 0 unspecified atom stereocenters. The van der Waals surface area contributed by atoms with Gasteiger partial charge in [0.05, 0.1) is 6.54 Å². The molecule has 0 aromatic heterocycles. The first-order chi connectivity index (χ1) is 9.69. The van der Waals surface area contributed by atoms with Crippen molar-refractivity contribution < 1.29 is 4.39 Å². The van der Waals surface area contributed by atoms with Gasteiger partial charge in [-0.15, -0.1) is 11.8 Å². The minimum absolute atomic E-state index is 0.268. The molecule has 2 N–H and O–H groups in total. The normalized spacial score (nSPS) is 9.95. The highest BCUT2D eigenvalue weighted by Crippen LogP contribution is 2.25. The van der Waals surface area contributed by atoms with Crippen LogP contribution in [0.5, 0.6) is 0 Å². The van der Waals surface area contributed by atoms with Crippen molar-refractivity contribution in [1.29, 1.82) is 0 Å². The molecule has 0 aliphatic rings. The lowest BCUT2D eigenvalue weighted by Gasteiger charge is -2.06. The average Bonchev–Trinajstić information content (AvgIpc) is 2.44. The Labute approximate surface area is 123 Å². The largest absolute Gasteiger partial charge is 0.320 e. The van der Waals surface area contributed by atoms with Crippen LogP contribution in [-0.2, 0) is 5.75 Å². The third-order valence-electron chi connectivity index (χ3n) is 2.78. The second-order valence-electron chi connectivity index (χ2n) is 4.41. The summed E-state index contributed by atoms with van der Waals surface area (Å²) >= 11 is 1.72. The van der Waals surface area contributed by atoms with Gasteiger partial charge in [-0.1, -0.05) is 35.6 Å². The fourth-order valence-electron chi connectivity index (χ4n) is 1.80. The van der Waals surface area contributed by atoms with Gasteiger partial charge in [-0.2, -0.15) is 0 Å². The number of hydrogen-bond donors (Lipinski definition) is 1. The number of halogens is 1. The van der Waals surface area contributed by atoms with Crippen molar-refractivity contribution in [2.24, 2.45) is 5.73 Å². The summed E-state index contributed by atoms with van der Waals surface area (Å²) in [5, 5.41) is 0. The minimum Gasteiger partial charge on any atom is -0.320 e. The maximum Gasteiger partial charge on any atom is 0.124 e. The molecule has 0 saturated carbocycles. The first-order valence-electron chi connectivity index (χ1n) is 6.36. The molecule has 0 fully saturated rings. The lowest BCUT2D eigenvalue weighted by molar-refractivity contribution is 0.627. The first-order valence-corrected chi connectivity index (χ1v) is 7.34. The van der Waals surface area contributed by atoms with Crippen molar-refractivity contribution in [2.45, 2.75) is 17.6 Å². The van der Waals surface area contributed by atoms with Crippen LogP contribution >= 0.6 is 11.8 Å². The van der Waals surface area contributed by atoms with Gasteiger partial charge in [0.15, 0.2) is 0 Å². The molecule has 3 heteroatoms. The van der Waals surface area contributed by atoms with Crippen LogP contribution in [0.3, 0.4) is 0 Å². The van der Waals surface area contributed by atoms with E-state index >= 15 is 0 Å². The van der Waals surface area contributed by atoms with Crippen LogP contribution in [0.2, 0.25) is 0 Å². The smallest absolute Gasteiger partial charge is 0.124 e. The first kappa shape index (κ1) is 14.6. The molecule has 0 saturated heterocycles. The molecule has 102 valence electrons. The monoisotopic (exact) mass is 285 g/mol. The molecular weight excluding hydrogens is 269 g/mol. The summed E-state index contributed by atoms with van der Waals surface area (Å²) in [6.07, 6.45) is 0. The Balaban J connectivity index is 2.16. The predicted molar refractivity (Wildman–Crippen MR) is 83.1 cm³/mol. The Bertz CT molecular complexity index is 656. The molecule has 0 spiro atoms. The summed E-state index contributed by atoms with van der Waals surface area (Å²) in [6, 6.07) is 13.1. The van der Waals surface area contributed by atoms with E-state index in [1.54, 1.807) is 17.8 Å². The highest BCUT2D eigenvalue weighted by atomic mass is 32.2. The molecule has 0 radical (unpaired) electrons. The number of nitrogens with two attached hydrogens (primary N) is 1. The van der Waals surface area contributed by atoms with Crippen molar-refractivity contribution >= 4 is 11.8 Å². The number of thioether (sulfide) groups is 1. The van der Waals surface area contributed by atoms with E-state index in [1.807, 2.05) is 6.07 Å². The fourth-order valence-corrected chi connectivity index (χ4v) is 2.82. The van der Waals surface area contributed by atoms with Crippen LogP contribution in [-0.4, -0.2) is 6.54 Å². The highest BCUT2D eigenvalue weighted by molar-refractivity contribution is 7.98. The summed E-state index contributed by atoms with van der Waals surface area (Å²) in [4.78, 5) is 1.20. The zero-order valence-corrected chi connectivity index (χ0v) is 12.1. The van der Waals surface area contributed by atoms with E-state index in [1.165, 1.54) is 22.6 Å². The lowest BCUT2D eigenvalue weighted by atomic mass is 10.1. The van der Waals surface area contributed by atoms with Crippen LogP contribution in [0.25, 0.3) is 0 Å². The Morgan fingerprint density at radius 2 is 2.05 bits per heavy atom. The van der Waals surface area contributed by atoms with Crippen LogP contribution in [0.4, 0.5) is 4.39 Å². The van der Waals surface area contributed by atoms with Gasteiger partial charge in [0.1, 0.15) is 5.82 Å². The maximum absolute atomic E-state index is 13.3. The molecule has 0 amide bonds. The molecule has 0 aliphatic heterocycles. The summed E-state index contributed by atoms with van der Waals surface area (Å²) < 4.78 is 13.3. The molecule has 0 heterocycles. The van der Waals surface area contributed by atoms with Crippen LogP contribution < -0.4 is 5.73 Å². The zero-order chi connectivity index (χ0) is 14.4. The van der Waals surface area contributed by atoms with Gasteiger partial charge in [0.25, 0.3) is 0 Å². The second kappa shape index (κ2) is 7.14. The molecule has 0 aliphatic carbocycles. The average molecular weight is 285 g/mol. The Morgan fingerprint density at radius 1 is 1.20 bits per heavy atom. The van der Waals surface area contributed by atoms with Crippen LogP contribution in [0.1, 0.15) is 16.7 Å². The van der Waals surface area contributed by atoms with E-state index in [0.717, 1.165) is 16.9 Å². The van der Waals surface area contributed by atoms with Crippen LogP contribution in [0.15, 0.2) is 47.4 Å². The lowest BCUT2D eigenvalue weighted by Crippen LogP contribution is -1.95. The molecule has 0 bridgehead atoms. The van der Waals surface area contributed by atoms with Gasteiger partial charge in [0.2, 0.25) is 0 Å². The summed E-state index contributed by atoms with van der Waals surface area (Å²) in [5.41, 5.74) is 8.35. The molecule has 1 nitrogen and oxygen atoms in total. The van der Waals surface area contributed by atoms with Crippen LogP contribution in [0, 0.1) is 24.6 Å². The number of aryl methyl sites for hydroxylation is 1. The summed E-state index contributed by atoms with van der Waals surface area (Å²) in [7, 11) is 0. The van der Waals surface area contributed by atoms with E-state index in [4.69, 9.17) is 5.73 Å². The molecular formula is C17H16FNS. The van der Waals surface area contributed by atoms with E-state index < -0.39 is 0 Å². The molecule has 2 aromatic rings. The number of benzene rings is 2. The fraction of sp³-hybridized carbons (Fsp3) is 0.176. The van der Waals surface area contributed by atoms with Gasteiger partial charge in [-0.25, -0.2) is 4.39 Å². The second-order valence-corrected chi connectivity index (χ2v) is 5.46. The quantitative estimate of drug-likeness (QED) is 0.687. The molecule has 2 rings (SSSR count). The zero-order valence-electron chi connectivity index (χ0n) is 11.3. The maximum atomic E-state index is 13.3. The van der Waals surface area contributed by atoms with Gasteiger partial charge < -0.3 is 5.73 Å². The molecule has 20 heavy (non-hydrogen) atoms. The Hall–Kier alpha value is -1.76. The third kappa shape index (κ3) is 4.12. The van der Waals surface area contributed by atoms with E-state index in [0.29, 0.717) is 0 Å². The summed E-state index contributed by atoms with van der Waals surface area (Å²) in [5.74, 6) is 6.21. The van der Waals surface area contributed by atoms with Gasteiger partial charge in [-0.3, -0.25) is 0 Å². The van der Waals surface area contributed by atoms with Gasteiger partial charge in [-0.05, 0) is 36.8 Å². The predicted octanol–water partition coefficient (Wildman–Crippen LogP) is 3.74. The SMILES string of the molecule is Cc1cccc(SCc2ccc(F)cc2C#CCN)c1. The topological polar surface area (TPSA) is 26.0 Å². The van der Waals surface area contributed by atoms with Gasteiger partial charge in [0, 0.05) is 16.2 Å². The Morgan fingerprint density at radius 3 is 2.80 bits per heavy atom. The van der Waals surface area contributed by atoms with Crippen molar-refractivity contribution in [1.82, 2.24) is 0 Å². The van der Waals surface area contributed by atoms with Crippen molar-refractivity contribution in [3.8, 4) is 11.8 Å². The van der Waals surface area contributed by atoms with Crippen molar-refractivity contribution in [3.63, 3.8) is 0 Å². The standard InChI is InChI=1S/C17H16FNS/c1-13-4-2-6-17(10-13)20-12-15-7-8-16(18)11-14(15)5-3-9-19/h2,4,6-8,10-11H,9,12,19H2,1H3. The highest BCUT2D eigenvalue weighted by Gasteiger charge is 2.03.